The number of hydrogen-bond acceptors (Lipinski definition) is 24. The first-order valence-electron chi connectivity index (χ1n) is 43.4. The fraction of sp³-hybridized carbons (Fsp3) is 0.531. The summed E-state index contributed by atoms with van der Waals surface area (Å²) in [6.45, 7) is 26.7. The van der Waals surface area contributed by atoms with Crippen LogP contribution in [0.25, 0.3) is 0 Å². The van der Waals surface area contributed by atoms with Crippen molar-refractivity contribution in [3.63, 3.8) is 0 Å². The topological polar surface area (TPSA) is 274 Å². The van der Waals surface area contributed by atoms with E-state index >= 15 is 0 Å². The third kappa shape index (κ3) is 30.3. The lowest BCUT2D eigenvalue weighted by molar-refractivity contribution is -0.121. The van der Waals surface area contributed by atoms with E-state index in [1.165, 1.54) is 47.7 Å². The maximum absolute atomic E-state index is 14.7. The van der Waals surface area contributed by atoms with Crippen molar-refractivity contribution in [2.24, 2.45) is 0 Å². The third-order valence-corrected chi connectivity index (χ3v) is 28.7. The van der Waals surface area contributed by atoms with Crippen LogP contribution in [0.2, 0.25) is 0 Å². The van der Waals surface area contributed by atoms with Crippen molar-refractivity contribution in [3.8, 4) is 11.5 Å². The largest absolute Gasteiger partial charge is 0.478 e. The van der Waals surface area contributed by atoms with Gasteiger partial charge in [0, 0.05) is 115 Å². The van der Waals surface area contributed by atoms with E-state index < -0.39 is 72.4 Å². The fourth-order valence-corrected chi connectivity index (χ4v) is 22.0. The summed E-state index contributed by atoms with van der Waals surface area (Å²) in [6, 6.07) is 40.2. The van der Waals surface area contributed by atoms with Crippen molar-refractivity contribution >= 4 is 126 Å². The van der Waals surface area contributed by atoms with Gasteiger partial charge >= 0.3 is 24.4 Å². The minimum Gasteiger partial charge on any atom is -0.478 e. The first kappa shape index (κ1) is 105. The minimum atomic E-state index is -1.65. The maximum atomic E-state index is 14.7. The lowest BCUT2D eigenvalue weighted by Gasteiger charge is -2.51. The number of amides is 4. The van der Waals surface area contributed by atoms with Crippen molar-refractivity contribution < 1.29 is 99.3 Å². The summed E-state index contributed by atoms with van der Waals surface area (Å²) in [7, 11) is 0. The molecule has 7 saturated heterocycles. The van der Waals surface area contributed by atoms with Crippen molar-refractivity contribution in [1.82, 2.24) is 24.9 Å². The number of nitrogens with zero attached hydrogens (tertiary/aromatic N) is 4. The molecule has 22 nitrogen and oxygen atoms in total. The number of nitrogens with one attached hydrogen (secondary N) is 1. The number of carbonyl (C=O) groups excluding carboxylic acids is 9. The van der Waals surface area contributed by atoms with Crippen LogP contribution in [-0.4, -0.2) is 228 Å². The molecule has 9 heterocycles. The smallest absolute Gasteiger partial charge is 0.410 e. The highest BCUT2D eigenvalue weighted by Crippen LogP contribution is 2.60. The molecule has 700 valence electrons. The molecule has 0 radical (unpaired) electrons. The highest BCUT2D eigenvalue weighted by atomic mass is 32.2. The van der Waals surface area contributed by atoms with Crippen molar-refractivity contribution in [2.75, 3.05) is 100.0 Å². The maximum Gasteiger partial charge on any atom is 0.410 e. The zero-order valence-electron chi connectivity index (χ0n) is 75.4. The highest BCUT2D eigenvalue weighted by molar-refractivity contribution is 8.18. The standard InChI is InChI=1S/C20H28FNO3S2.C17H22FNO4.C17H21NO4.C12H13NO2.C10H11FS2.C10H17NO3.C7H5FO.C3H8S2/c1-18(2,3)25-17(23)22-11-9-19(24,10-12-22)20(26-13-6-14-27-20)15-7-4-5-8-16(15)21;1-16(2,3)23-15(21)19-10-8-17(22,9-11-19)14(20)12-6-4-5-7-13(12)18;1-16(2,3)22-15(20)18-10-8-17(9-11-18)14(19)12-6-4-5-7-13(12)21-17;14-11-9-3-1-2-4-10(9)15-12(11)5-7-13-8-6-12;11-9-5-2-1-4-8(9)10-12-6-3-7-13-10;1-10(2,3)14-9(13)11-6-4-8(12)5-7-11;8-7-4-2-1-3-6(7)5-9;4-2-1-3-5/h4-5,7-8,24H,6,9-14H2,1-3H3;4-7,22H,8-11H2,1-3H3;4-7H,8-11H2,1-3H3;1-4,13H,5-8H2;1-2,4-5,10H,3,6-7H2;4-7H2,1-3H3;1-5H;4-5H,1-3H2. The Hall–Kier alpha value is -7.95. The van der Waals surface area contributed by atoms with E-state index in [2.05, 4.69) is 30.6 Å². The molecular formula is C96H125F4N5O17S6. The van der Waals surface area contributed by atoms with Gasteiger partial charge in [0.25, 0.3) is 0 Å². The number of likely N-dealkylation sites (tertiary alicyclic amines) is 4. The lowest BCUT2D eigenvalue weighted by atomic mass is 9.84. The average molecular weight is 1890 g/mol. The number of thiol groups is 2. The van der Waals surface area contributed by atoms with E-state index in [4.69, 9.17) is 28.4 Å². The van der Waals surface area contributed by atoms with E-state index in [-0.39, 0.29) is 84.3 Å². The number of hydrogen-bond donors (Lipinski definition) is 5. The van der Waals surface area contributed by atoms with Crippen molar-refractivity contribution in [1.29, 1.82) is 0 Å². The molecule has 7 fully saturated rings. The van der Waals surface area contributed by atoms with Gasteiger partial charge in [-0.15, -0.1) is 47.0 Å². The number of para-hydroxylation sites is 2. The second-order valence-electron chi connectivity index (χ2n) is 35.9. The van der Waals surface area contributed by atoms with Crippen LogP contribution in [0, 0.1) is 23.3 Å². The van der Waals surface area contributed by atoms with Crippen LogP contribution in [0.3, 0.4) is 0 Å². The van der Waals surface area contributed by atoms with Crippen LogP contribution in [0.5, 0.6) is 11.5 Å². The van der Waals surface area contributed by atoms with Gasteiger partial charge < -0.3 is 63.6 Å². The molecule has 0 unspecified atom stereocenters. The summed E-state index contributed by atoms with van der Waals surface area (Å²) in [5.74, 6) is 5.76. The Morgan fingerprint density at radius 3 is 1.25 bits per heavy atom. The van der Waals surface area contributed by atoms with Crippen LogP contribution >= 0.6 is 72.3 Å². The Kier molecular flexibility index (Phi) is 39.5. The Bertz CT molecular complexity index is 4680. The quantitative estimate of drug-likeness (QED) is 0.0311. The van der Waals surface area contributed by atoms with E-state index in [9.17, 15) is 70.9 Å². The number of aldehydes is 1. The van der Waals surface area contributed by atoms with E-state index in [0.29, 0.717) is 106 Å². The van der Waals surface area contributed by atoms with Gasteiger partial charge in [0.15, 0.2) is 23.3 Å². The molecule has 0 saturated carbocycles. The first-order valence-corrected chi connectivity index (χ1v) is 48.7. The van der Waals surface area contributed by atoms with Gasteiger partial charge in [0.2, 0.25) is 11.6 Å². The molecule has 0 atom stereocenters. The molecule has 0 aromatic heterocycles. The number of benzene rings is 6. The Balaban J connectivity index is 0.000000187. The Labute approximate surface area is 778 Å². The molecule has 15 rings (SSSR count). The number of aliphatic hydroxyl groups is 2. The molecule has 9 aliphatic heterocycles. The van der Waals surface area contributed by atoms with Gasteiger partial charge in [-0.2, -0.15) is 25.3 Å². The fourth-order valence-electron chi connectivity index (χ4n) is 14.8. The molecule has 0 aliphatic carbocycles. The molecule has 9 aliphatic rings. The highest BCUT2D eigenvalue weighted by Gasteiger charge is 2.57. The number of fused-ring (bicyclic) bond motifs is 2. The SMILES string of the molecule is CC(C)(C)OC(=O)N1CCC(=O)CC1.CC(C)(C)OC(=O)N1CCC(O)(C(=O)c2ccccc2F)CC1.CC(C)(C)OC(=O)N1CCC(O)(C2(c3ccccc3F)SCCCS2)CC1.CC(C)(C)OC(=O)N1CCC2(CC1)Oc1ccccc1C2=O.Fc1ccccc1C1SCCCS1.O=C1c2ccccc2OC12CCNCC2.O=Cc1ccccc1F.SCCCS. The van der Waals surface area contributed by atoms with Gasteiger partial charge in [-0.1, -0.05) is 84.9 Å². The number of ketones is 4. The molecule has 0 bridgehead atoms. The number of ether oxygens (including phenoxy) is 6. The van der Waals surface area contributed by atoms with Crippen molar-refractivity contribution in [3.05, 3.63) is 202 Å². The molecule has 6 aromatic rings. The lowest BCUT2D eigenvalue weighted by Crippen LogP contribution is -2.57. The first-order chi connectivity index (χ1) is 60.4. The number of Topliss-reactive ketones (excluding diaryl/α,β-unsaturated/α-hetero) is 4. The summed E-state index contributed by atoms with van der Waals surface area (Å²) in [5, 5.41) is 25.5. The number of piperidine rings is 5. The van der Waals surface area contributed by atoms with Gasteiger partial charge in [-0.25, -0.2) is 36.7 Å². The van der Waals surface area contributed by atoms with Gasteiger partial charge in [-0.3, -0.25) is 24.0 Å². The van der Waals surface area contributed by atoms with Crippen LogP contribution in [0.4, 0.5) is 36.7 Å². The number of halogens is 4. The zero-order chi connectivity index (χ0) is 93.9. The molecule has 128 heavy (non-hydrogen) atoms. The summed E-state index contributed by atoms with van der Waals surface area (Å²) in [5.41, 5.74) is -3.42. The van der Waals surface area contributed by atoms with Crippen molar-refractivity contribution in [2.45, 2.75) is 220 Å². The van der Waals surface area contributed by atoms with Gasteiger partial charge in [0.05, 0.1) is 32.4 Å². The minimum absolute atomic E-state index is 0.0342. The monoisotopic (exact) mass is 1890 g/mol. The summed E-state index contributed by atoms with van der Waals surface area (Å²) in [4.78, 5) is 112. The number of rotatable bonds is 8. The van der Waals surface area contributed by atoms with Crippen LogP contribution in [0.1, 0.15) is 224 Å². The third-order valence-electron chi connectivity index (χ3n) is 21.4. The van der Waals surface area contributed by atoms with Crippen LogP contribution in [-0.2, 0) is 27.8 Å². The number of carbonyl (C=O) groups is 9. The average Bonchev–Trinajstić information content (AvgIpc) is 0.922. The molecule has 6 aromatic carbocycles. The second-order valence-corrected chi connectivity index (χ2v) is 42.4. The number of thioether (sulfide) groups is 4. The van der Waals surface area contributed by atoms with E-state index in [0.717, 1.165) is 90.2 Å². The van der Waals surface area contributed by atoms with Gasteiger partial charge in [0.1, 0.15) is 72.6 Å². The summed E-state index contributed by atoms with van der Waals surface area (Å²) < 4.78 is 86.8. The van der Waals surface area contributed by atoms with Crippen LogP contribution in [0.15, 0.2) is 146 Å². The molecule has 32 heteroatoms. The van der Waals surface area contributed by atoms with E-state index in [1.54, 1.807) is 108 Å². The van der Waals surface area contributed by atoms with Gasteiger partial charge in [-0.05, 0) is 223 Å². The molecule has 2 spiro atoms. The predicted octanol–water partition coefficient (Wildman–Crippen LogP) is 20.0. The normalized spacial score (nSPS) is 18.8. The second kappa shape index (κ2) is 47.9. The predicted molar refractivity (Wildman–Crippen MR) is 505 cm³/mol. The Morgan fingerprint density at radius 1 is 0.469 bits per heavy atom. The molecule has 3 N–H and O–H groups in total. The Morgan fingerprint density at radius 2 is 0.844 bits per heavy atom. The summed E-state index contributed by atoms with van der Waals surface area (Å²) in [6.07, 6.45) is 6.83. The van der Waals surface area contributed by atoms with Crippen LogP contribution < -0.4 is 14.8 Å². The van der Waals surface area contributed by atoms with E-state index in [1.807, 2.05) is 147 Å². The molecular weight excluding hydrogens is 1760 g/mol. The molecule has 4 amide bonds. The summed E-state index contributed by atoms with van der Waals surface area (Å²) >= 11 is 14.9. The zero-order valence-corrected chi connectivity index (χ0v) is 80.4.